The van der Waals surface area contributed by atoms with Crippen LogP contribution in [0, 0.1) is 0 Å². The van der Waals surface area contributed by atoms with Crippen molar-refractivity contribution in [2.45, 2.75) is 38.5 Å². The van der Waals surface area contributed by atoms with Gasteiger partial charge in [-0.2, -0.15) is 0 Å². The molecule has 0 bridgehead atoms. The Balaban J connectivity index is 1.35. The summed E-state index contributed by atoms with van der Waals surface area (Å²) in [6.45, 7) is 9.86. The minimum atomic E-state index is -0.144. The first kappa shape index (κ1) is 24.5. The van der Waals surface area contributed by atoms with E-state index in [1.165, 1.54) is 98.4 Å². The molecule has 0 heterocycles. The van der Waals surface area contributed by atoms with Gasteiger partial charge >= 0.3 is 0 Å². The second-order valence-electron chi connectivity index (χ2n) is 14.1. The van der Waals surface area contributed by atoms with Crippen molar-refractivity contribution in [3.05, 3.63) is 144 Å². The van der Waals surface area contributed by atoms with Gasteiger partial charge in [0.1, 0.15) is 0 Å². The Morgan fingerprint density at radius 2 is 0.705 bits per heavy atom. The molecule has 0 N–H and O–H groups in total. The molecule has 0 saturated carbocycles. The summed E-state index contributed by atoms with van der Waals surface area (Å²) >= 11 is 0. The Labute approximate surface area is 257 Å². The molecule has 0 amide bonds. The van der Waals surface area contributed by atoms with Gasteiger partial charge < -0.3 is 0 Å². The molecule has 44 heavy (non-hydrogen) atoms. The number of benzene rings is 8. The molecule has 0 aromatic heterocycles. The zero-order chi connectivity index (χ0) is 29.5. The number of hydrogen-bond acceptors (Lipinski definition) is 0. The summed E-state index contributed by atoms with van der Waals surface area (Å²) in [6, 6.07) is 46.0. The van der Waals surface area contributed by atoms with E-state index in [0.29, 0.717) is 0 Å². The maximum Gasteiger partial charge on any atom is 0.0162 e. The number of fused-ring (bicyclic) bond motifs is 16. The van der Waals surface area contributed by atoms with Crippen molar-refractivity contribution in [2.24, 2.45) is 0 Å². The third kappa shape index (κ3) is 2.85. The highest BCUT2D eigenvalue weighted by atomic mass is 14.5. The largest absolute Gasteiger partial charge is 0.0616 e. The molecule has 0 fully saturated rings. The van der Waals surface area contributed by atoms with Crippen LogP contribution in [0.2, 0.25) is 0 Å². The quantitative estimate of drug-likeness (QED) is 0.162. The van der Waals surface area contributed by atoms with Crippen molar-refractivity contribution >= 4 is 53.9 Å². The topological polar surface area (TPSA) is 0 Å². The van der Waals surface area contributed by atoms with Crippen LogP contribution in [0.5, 0.6) is 0 Å². The molecule has 0 atom stereocenters. The molecule has 10 rings (SSSR count). The fourth-order valence-electron chi connectivity index (χ4n) is 9.07. The lowest BCUT2D eigenvalue weighted by atomic mass is 9.71. The van der Waals surface area contributed by atoms with Gasteiger partial charge in [-0.25, -0.2) is 0 Å². The van der Waals surface area contributed by atoms with Gasteiger partial charge in [0.2, 0.25) is 0 Å². The van der Waals surface area contributed by atoms with Gasteiger partial charge in [0, 0.05) is 10.8 Å². The first-order valence-corrected chi connectivity index (χ1v) is 15.9. The monoisotopic (exact) mass is 560 g/mol. The molecule has 8 aromatic rings. The Bertz CT molecular complexity index is 2410. The maximum absolute atomic E-state index is 2.52. The molecular weight excluding hydrogens is 528 g/mol. The van der Waals surface area contributed by atoms with Crippen molar-refractivity contribution in [3.8, 4) is 22.3 Å². The summed E-state index contributed by atoms with van der Waals surface area (Å²) in [5, 5.41) is 13.3. The van der Waals surface area contributed by atoms with E-state index in [4.69, 9.17) is 0 Å². The van der Waals surface area contributed by atoms with Crippen molar-refractivity contribution in [1.82, 2.24) is 0 Å². The van der Waals surface area contributed by atoms with E-state index in [0.717, 1.165) is 0 Å². The predicted molar refractivity (Wildman–Crippen MR) is 189 cm³/mol. The van der Waals surface area contributed by atoms with Crippen LogP contribution in [0.1, 0.15) is 49.9 Å². The summed E-state index contributed by atoms with van der Waals surface area (Å²) < 4.78 is 0. The van der Waals surface area contributed by atoms with Gasteiger partial charge in [-0.3, -0.25) is 0 Å². The lowest BCUT2D eigenvalue weighted by Gasteiger charge is -2.31. The van der Waals surface area contributed by atoms with Crippen LogP contribution in [0.25, 0.3) is 76.1 Å². The van der Waals surface area contributed by atoms with Gasteiger partial charge in [-0.05, 0) is 123 Å². The predicted octanol–water partition coefficient (Wildman–Crippen LogP) is 12.1. The lowest BCUT2D eigenvalue weighted by molar-refractivity contribution is 0.602. The SMILES string of the molecule is CC1(C)c2cc3c(ccc4ccccc43)cc2-c2c1c1c(c3ccccc23)-c2cc3ccc4ccccc4c3cc2C1(C)C. The molecular formula is C44H32. The van der Waals surface area contributed by atoms with E-state index < -0.39 is 0 Å². The highest BCUT2D eigenvalue weighted by Crippen LogP contribution is 2.62. The second-order valence-corrected chi connectivity index (χ2v) is 14.1. The summed E-state index contributed by atoms with van der Waals surface area (Å²) in [6.07, 6.45) is 0. The molecule has 0 saturated heterocycles. The first-order valence-electron chi connectivity index (χ1n) is 15.9. The van der Waals surface area contributed by atoms with E-state index in [9.17, 15) is 0 Å². The van der Waals surface area contributed by atoms with E-state index in [2.05, 4.69) is 149 Å². The molecule has 0 unspecified atom stereocenters. The van der Waals surface area contributed by atoms with Gasteiger partial charge in [0.05, 0.1) is 0 Å². The van der Waals surface area contributed by atoms with Crippen LogP contribution >= 0.6 is 0 Å². The van der Waals surface area contributed by atoms with E-state index in [-0.39, 0.29) is 10.8 Å². The Hall–Kier alpha value is -4.94. The molecule has 2 aliphatic carbocycles. The van der Waals surface area contributed by atoms with Crippen molar-refractivity contribution < 1.29 is 0 Å². The van der Waals surface area contributed by atoms with Crippen LogP contribution in [0.3, 0.4) is 0 Å². The average Bonchev–Trinajstić information content (AvgIpc) is 3.41. The number of rotatable bonds is 0. The van der Waals surface area contributed by atoms with Crippen LogP contribution in [0.4, 0.5) is 0 Å². The molecule has 0 heteroatoms. The molecule has 208 valence electrons. The van der Waals surface area contributed by atoms with Gasteiger partial charge in [-0.15, -0.1) is 0 Å². The summed E-state index contributed by atoms with van der Waals surface area (Å²) in [4.78, 5) is 0. The standard InChI is InChI=1S/C44H32/c1-43(2)37-23-33-27(19-17-25-11-5-7-13-29(25)33)21-35(37)39-31-15-9-10-16-32(31)40-36-22-28-20-18-26-12-6-8-14-30(26)34(28)24-38(36)44(3,4)42(40)41(39)43/h5-24H,1-4H3. The third-order valence-electron chi connectivity index (χ3n) is 11.1. The smallest absolute Gasteiger partial charge is 0.0162 e. The second kappa shape index (κ2) is 7.96. The van der Waals surface area contributed by atoms with E-state index >= 15 is 0 Å². The molecule has 0 nitrogen and oxygen atoms in total. The van der Waals surface area contributed by atoms with Gasteiger partial charge in [0.25, 0.3) is 0 Å². The summed E-state index contributed by atoms with van der Waals surface area (Å²) in [5.74, 6) is 0. The van der Waals surface area contributed by atoms with Gasteiger partial charge in [0.15, 0.2) is 0 Å². The molecule has 0 radical (unpaired) electrons. The lowest BCUT2D eigenvalue weighted by Crippen LogP contribution is -2.24. The summed E-state index contributed by atoms with van der Waals surface area (Å²) in [5.41, 5.74) is 11.3. The Morgan fingerprint density at radius 1 is 0.341 bits per heavy atom. The van der Waals surface area contributed by atoms with Crippen molar-refractivity contribution in [3.63, 3.8) is 0 Å². The van der Waals surface area contributed by atoms with Crippen LogP contribution in [0.15, 0.2) is 121 Å². The fraction of sp³-hybridized carbons (Fsp3) is 0.136. The Morgan fingerprint density at radius 3 is 1.14 bits per heavy atom. The number of hydrogen-bond donors (Lipinski definition) is 0. The van der Waals surface area contributed by atoms with Crippen molar-refractivity contribution in [2.75, 3.05) is 0 Å². The zero-order valence-electron chi connectivity index (χ0n) is 25.5. The highest BCUT2D eigenvalue weighted by molar-refractivity contribution is 6.17. The molecule has 0 spiro atoms. The normalized spacial score (nSPS) is 15.6. The van der Waals surface area contributed by atoms with Crippen LogP contribution in [-0.4, -0.2) is 0 Å². The maximum atomic E-state index is 2.52. The molecule has 0 aliphatic heterocycles. The average molecular weight is 561 g/mol. The van der Waals surface area contributed by atoms with Crippen LogP contribution in [-0.2, 0) is 10.8 Å². The van der Waals surface area contributed by atoms with E-state index in [1.807, 2.05) is 0 Å². The Kier molecular flexibility index (Phi) is 4.43. The minimum absolute atomic E-state index is 0.144. The zero-order valence-corrected chi connectivity index (χ0v) is 25.5. The summed E-state index contributed by atoms with van der Waals surface area (Å²) in [7, 11) is 0. The van der Waals surface area contributed by atoms with Gasteiger partial charge in [-0.1, -0.05) is 125 Å². The highest BCUT2D eigenvalue weighted by Gasteiger charge is 2.47. The van der Waals surface area contributed by atoms with Crippen LogP contribution < -0.4 is 0 Å². The molecule has 8 aromatic carbocycles. The van der Waals surface area contributed by atoms with Crippen molar-refractivity contribution in [1.29, 1.82) is 0 Å². The fourth-order valence-corrected chi connectivity index (χ4v) is 9.07. The minimum Gasteiger partial charge on any atom is -0.0616 e. The van der Waals surface area contributed by atoms with E-state index in [1.54, 1.807) is 0 Å². The third-order valence-corrected chi connectivity index (χ3v) is 11.1. The first-order chi connectivity index (χ1) is 21.3. The molecule has 2 aliphatic rings.